The second-order valence-electron chi connectivity index (χ2n) is 10.4. The molecule has 188 valence electrons. The molecule has 1 N–H and O–H groups in total. The minimum absolute atomic E-state index is 0.00198. The molecular weight excluding hydrogens is 460 g/mol. The highest BCUT2D eigenvalue weighted by molar-refractivity contribution is 7.15. The first kappa shape index (κ1) is 26.7. The number of nitrogens with zero attached hydrogens (tertiary/aromatic N) is 2. The fourth-order valence-electron chi connectivity index (χ4n) is 4.20. The van der Waals surface area contributed by atoms with Crippen LogP contribution in [0, 0.1) is 29.1 Å². The van der Waals surface area contributed by atoms with Crippen LogP contribution in [-0.2, 0) is 4.79 Å². The van der Waals surface area contributed by atoms with Gasteiger partial charge < -0.3 is 14.7 Å². The Bertz CT molecular complexity index is 1070. The van der Waals surface area contributed by atoms with Crippen molar-refractivity contribution in [3.05, 3.63) is 40.2 Å². The zero-order valence-corrected chi connectivity index (χ0v) is 22.2. The average molecular weight is 497 g/mol. The summed E-state index contributed by atoms with van der Waals surface area (Å²) in [6.45, 7) is 10.6. The topological polar surface area (TPSA) is 79.7 Å². The first-order valence-corrected chi connectivity index (χ1v) is 13.1. The zero-order valence-electron chi connectivity index (χ0n) is 21.3. The van der Waals surface area contributed by atoms with E-state index < -0.39 is 5.97 Å². The minimum Gasteiger partial charge on any atom is -0.478 e. The summed E-state index contributed by atoms with van der Waals surface area (Å²) in [6, 6.07) is 6.99. The van der Waals surface area contributed by atoms with Crippen LogP contribution in [0.4, 0.5) is 5.69 Å². The molecule has 1 atom stereocenters. The van der Waals surface area contributed by atoms with Crippen molar-refractivity contribution < 1.29 is 19.4 Å². The molecule has 0 aliphatic heterocycles. The number of ether oxygens (including phenoxy) is 1. The molecule has 0 unspecified atom stereocenters. The fraction of sp³-hybridized carbons (Fsp3) is 0.536. The van der Waals surface area contributed by atoms with Crippen LogP contribution in [-0.4, -0.2) is 34.6 Å². The van der Waals surface area contributed by atoms with Crippen LogP contribution in [0.25, 0.3) is 0 Å². The summed E-state index contributed by atoms with van der Waals surface area (Å²) in [4.78, 5) is 32.7. The number of pyridine rings is 1. The van der Waals surface area contributed by atoms with Gasteiger partial charge in [0.2, 0.25) is 11.8 Å². The first-order valence-electron chi connectivity index (χ1n) is 12.3. The van der Waals surface area contributed by atoms with Crippen LogP contribution >= 0.6 is 11.3 Å². The highest BCUT2D eigenvalue weighted by Gasteiger charge is 2.34. The minimum atomic E-state index is -1.04. The molecule has 0 spiro atoms. The van der Waals surface area contributed by atoms with Crippen molar-refractivity contribution in [1.82, 2.24) is 4.98 Å². The van der Waals surface area contributed by atoms with Gasteiger partial charge in [-0.2, -0.15) is 0 Å². The first-order chi connectivity index (χ1) is 16.5. The largest absolute Gasteiger partial charge is 0.478 e. The number of amides is 1. The van der Waals surface area contributed by atoms with Gasteiger partial charge >= 0.3 is 5.97 Å². The lowest BCUT2D eigenvalue weighted by Gasteiger charge is -2.34. The van der Waals surface area contributed by atoms with Crippen molar-refractivity contribution in [2.45, 2.75) is 72.8 Å². The maximum Gasteiger partial charge on any atom is 0.348 e. The van der Waals surface area contributed by atoms with Crippen molar-refractivity contribution >= 4 is 28.9 Å². The lowest BCUT2D eigenvalue weighted by molar-refractivity contribution is -0.124. The number of hydrogen-bond donors (Lipinski definition) is 1. The van der Waals surface area contributed by atoms with Gasteiger partial charge in [-0.05, 0) is 71.4 Å². The molecule has 1 fully saturated rings. The van der Waals surface area contributed by atoms with Gasteiger partial charge in [-0.1, -0.05) is 24.8 Å². The Morgan fingerprint density at radius 1 is 1.26 bits per heavy atom. The van der Waals surface area contributed by atoms with Crippen molar-refractivity contribution in [2.24, 2.45) is 17.3 Å². The van der Waals surface area contributed by atoms with E-state index in [0.717, 1.165) is 37.0 Å². The number of hydrogen-bond acceptors (Lipinski definition) is 5. The quantitative estimate of drug-likeness (QED) is 0.437. The third-order valence-corrected chi connectivity index (χ3v) is 7.22. The summed E-state index contributed by atoms with van der Waals surface area (Å²) in [5, 5.41) is 9.98. The highest BCUT2D eigenvalue weighted by Crippen LogP contribution is 2.36. The van der Waals surface area contributed by atoms with Crippen molar-refractivity contribution in [2.75, 3.05) is 11.5 Å². The molecule has 2 aromatic rings. The van der Waals surface area contributed by atoms with Crippen LogP contribution in [0.3, 0.4) is 0 Å². The number of rotatable bonds is 8. The zero-order chi connectivity index (χ0) is 25.6. The van der Waals surface area contributed by atoms with Crippen LogP contribution in [0.5, 0.6) is 5.88 Å². The molecule has 1 aliphatic carbocycles. The lowest BCUT2D eigenvalue weighted by Crippen LogP contribution is -2.44. The van der Waals surface area contributed by atoms with Crippen LogP contribution in [0.15, 0.2) is 30.5 Å². The number of carbonyl (C=O) groups excluding carboxylic acids is 1. The van der Waals surface area contributed by atoms with Gasteiger partial charge in [0, 0.05) is 36.1 Å². The van der Waals surface area contributed by atoms with Crippen molar-refractivity contribution in [3.8, 4) is 17.7 Å². The molecule has 7 heteroatoms. The van der Waals surface area contributed by atoms with E-state index in [-0.39, 0.29) is 28.2 Å². The number of carboxylic acids is 1. The normalized spacial score (nSPS) is 18.8. The molecule has 35 heavy (non-hydrogen) atoms. The van der Waals surface area contributed by atoms with Gasteiger partial charge in [-0.15, -0.1) is 11.3 Å². The van der Waals surface area contributed by atoms with E-state index in [1.54, 1.807) is 23.2 Å². The summed E-state index contributed by atoms with van der Waals surface area (Å²) in [5.41, 5.74) is 0.229. The Hall–Kier alpha value is -2.85. The summed E-state index contributed by atoms with van der Waals surface area (Å²) in [5.74, 6) is 6.29. The van der Waals surface area contributed by atoms with Crippen LogP contribution in [0.1, 0.15) is 81.3 Å². The van der Waals surface area contributed by atoms with Crippen LogP contribution in [0.2, 0.25) is 0 Å². The van der Waals surface area contributed by atoms with Crippen LogP contribution < -0.4 is 9.64 Å². The van der Waals surface area contributed by atoms with Gasteiger partial charge in [0.1, 0.15) is 4.88 Å². The van der Waals surface area contributed by atoms with Crippen molar-refractivity contribution in [1.29, 1.82) is 0 Å². The maximum atomic E-state index is 13.8. The van der Waals surface area contributed by atoms with Crippen molar-refractivity contribution in [3.63, 3.8) is 0 Å². The summed E-state index contributed by atoms with van der Waals surface area (Å²) < 4.78 is 5.78. The maximum absolute atomic E-state index is 13.8. The molecule has 1 amide bonds. The van der Waals surface area contributed by atoms with E-state index in [9.17, 15) is 14.7 Å². The molecule has 1 saturated carbocycles. The third-order valence-electron chi connectivity index (χ3n) is 6.19. The Morgan fingerprint density at radius 3 is 2.57 bits per heavy atom. The highest BCUT2D eigenvalue weighted by atomic mass is 32.1. The van der Waals surface area contributed by atoms with Gasteiger partial charge in [0.05, 0.1) is 17.2 Å². The van der Waals surface area contributed by atoms with E-state index in [1.165, 1.54) is 0 Å². The molecule has 2 aromatic heterocycles. The Kier molecular flexibility index (Phi) is 8.96. The summed E-state index contributed by atoms with van der Waals surface area (Å²) >= 11 is 1.13. The van der Waals surface area contributed by atoms with E-state index in [4.69, 9.17) is 4.74 Å². The number of thiophene rings is 1. The molecule has 2 heterocycles. The Labute approximate surface area is 212 Å². The predicted molar refractivity (Wildman–Crippen MR) is 140 cm³/mol. The van der Waals surface area contributed by atoms with E-state index in [0.29, 0.717) is 35.4 Å². The number of anilines is 1. The molecule has 0 aromatic carbocycles. The molecule has 0 bridgehead atoms. The molecule has 0 saturated heterocycles. The standard InChI is InChI=1S/C28H36N2O4S/c1-19-9-11-21(12-10-19)26(31)30(20(2)14-17-34-24-8-6-7-16-29-24)23-18-22(13-15-28(3,4)5)35-25(23)27(32)33/h6-8,16,18-21H,9-12,14,17H2,1-5H3,(H,32,33)/t19?,20-,21?/m0/s1. The van der Waals surface area contributed by atoms with Gasteiger partial charge in [-0.3, -0.25) is 4.79 Å². The van der Waals surface area contributed by atoms with E-state index in [1.807, 2.05) is 39.8 Å². The van der Waals surface area contributed by atoms with E-state index in [2.05, 4.69) is 23.7 Å². The summed E-state index contributed by atoms with van der Waals surface area (Å²) in [6.07, 6.45) is 5.90. The predicted octanol–water partition coefficient (Wildman–Crippen LogP) is 6.26. The fourth-order valence-corrected chi connectivity index (χ4v) is 5.04. The smallest absolute Gasteiger partial charge is 0.348 e. The molecule has 1 aliphatic rings. The summed E-state index contributed by atoms with van der Waals surface area (Å²) in [7, 11) is 0. The molecular formula is C28H36N2O4S. The molecule has 3 rings (SSSR count). The molecule has 0 radical (unpaired) electrons. The third kappa shape index (κ3) is 7.57. The number of aromatic nitrogens is 1. The lowest BCUT2D eigenvalue weighted by atomic mass is 9.82. The van der Waals surface area contributed by atoms with Gasteiger partial charge in [0.25, 0.3) is 0 Å². The monoisotopic (exact) mass is 496 g/mol. The number of carboxylic acid groups (broad SMARTS) is 1. The van der Waals surface area contributed by atoms with E-state index >= 15 is 0 Å². The number of aromatic carboxylic acids is 1. The SMILES string of the molecule is CC1CCC(C(=O)N(c2cc(C#CC(C)(C)C)sc2C(=O)O)[C@@H](C)CCOc2ccccn2)CC1. The Balaban J connectivity index is 1.90. The van der Waals surface area contributed by atoms with Gasteiger partial charge in [-0.25, -0.2) is 9.78 Å². The number of carbonyl (C=O) groups is 2. The second-order valence-corrected chi connectivity index (χ2v) is 11.5. The second kappa shape index (κ2) is 11.7. The van der Waals surface area contributed by atoms with Gasteiger partial charge in [0.15, 0.2) is 0 Å². The molecule has 6 nitrogen and oxygen atoms in total. The average Bonchev–Trinajstić information content (AvgIpc) is 3.23. The Morgan fingerprint density at radius 2 is 1.97 bits per heavy atom.